The summed E-state index contributed by atoms with van der Waals surface area (Å²) in [5.74, 6) is 0.377. The highest BCUT2D eigenvalue weighted by atomic mass is 35.5. The quantitative estimate of drug-likeness (QED) is 0.640. The fraction of sp³-hybridized carbons (Fsp3) is 0.579. The van der Waals surface area contributed by atoms with Crippen molar-refractivity contribution in [1.82, 2.24) is 10.2 Å². The Morgan fingerprint density at radius 2 is 2.00 bits per heavy atom. The van der Waals surface area contributed by atoms with Gasteiger partial charge in [-0.05, 0) is 37.1 Å². The van der Waals surface area contributed by atoms with E-state index >= 15 is 0 Å². The first-order valence-corrected chi connectivity index (χ1v) is 9.03. The van der Waals surface area contributed by atoms with Crippen LogP contribution < -0.4 is 15.8 Å². The van der Waals surface area contributed by atoms with Crippen molar-refractivity contribution in [3.8, 4) is 5.75 Å². The zero-order valence-corrected chi connectivity index (χ0v) is 16.4. The number of ether oxygens (including phenoxy) is 1. The first-order valence-electron chi connectivity index (χ1n) is 9.03. The van der Waals surface area contributed by atoms with E-state index in [1.54, 1.807) is 7.11 Å². The van der Waals surface area contributed by atoms with Gasteiger partial charge >= 0.3 is 0 Å². The highest BCUT2D eigenvalue weighted by Crippen LogP contribution is 2.39. The molecule has 1 aromatic rings. The van der Waals surface area contributed by atoms with E-state index in [1.807, 2.05) is 29.2 Å². The summed E-state index contributed by atoms with van der Waals surface area (Å²) in [7, 11) is 1.62. The van der Waals surface area contributed by atoms with Crippen molar-refractivity contribution < 1.29 is 14.3 Å². The molecule has 1 aliphatic rings. The van der Waals surface area contributed by atoms with Gasteiger partial charge in [-0.25, -0.2) is 0 Å². The lowest BCUT2D eigenvalue weighted by molar-refractivity contribution is -0.129. The van der Waals surface area contributed by atoms with Gasteiger partial charge in [-0.1, -0.05) is 25.5 Å². The second kappa shape index (κ2) is 11.0. The summed E-state index contributed by atoms with van der Waals surface area (Å²) in [5, 5.41) is 2.92. The highest BCUT2D eigenvalue weighted by molar-refractivity contribution is 5.90. The summed E-state index contributed by atoms with van der Waals surface area (Å²) in [6.45, 7) is 3.86. The van der Waals surface area contributed by atoms with Crippen molar-refractivity contribution in [2.24, 2.45) is 11.7 Å². The number of unbranched alkanes of at least 4 members (excludes halogenated alkanes) is 1. The Labute approximate surface area is 161 Å². The molecule has 3 N–H and O–H groups in total. The van der Waals surface area contributed by atoms with Crippen molar-refractivity contribution in [1.29, 1.82) is 0 Å². The van der Waals surface area contributed by atoms with Crippen LogP contribution in [0.15, 0.2) is 24.3 Å². The van der Waals surface area contributed by atoms with Gasteiger partial charge < -0.3 is 20.7 Å². The summed E-state index contributed by atoms with van der Waals surface area (Å²) >= 11 is 0. The molecule has 0 radical (unpaired) electrons. The highest BCUT2D eigenvalue weighted by Gasteiger charge is 2.43. The summed E-state index contributed by atoms with van der Waals surface area (Å²) in [6.07, 6.45) is 2.93. The topological polar surface area (TPSA) is 84.7 Å². The summed E-state index contributed by atoms with van der Waals surface area (Å²) < 4.78 is 5.21. The van der Waals surface area contributed by atoms with Crippen molar-refractivity contribution in [2.75, 3.05) is 26.7 Å². The van der Waals surface area contributed by atoms with E-state index in [2.05, 4.69) is 12.2 Å². The van der Waals surface area contributed by atoms with Gasteiger partial charge in [0.25, 0.3) is 0 Å². The number of likely N-dealkylation sites (tertiary alicyclic amines) is 1. The van der Waals surface area contributed by atoms with Crippen LogP contribution in [0.2, 0.25) is 0 Å². The zero-order chi connectivity index (χ0) is 18.2. The average Bonchev–Trinajstić information content (AvgIpc) is 2.96. The maximum atomic E-state index is 12.6. The smallest absolute Gasteiger partial charge is 0.226 e. The largest absolute Gasteiger partial charge is 0.497 e. The molecular formula is C19H30ClN3O3. The molecule has 0 saturated carbocycles. The van der Waals surface area contributed by atoms with Crippen molar-refractivity contribution >= 4 is 24.2 Å². The molecule has 1 fully saturated rings. The first kappa shape index (κ1) is 22.3. The second-order valence-corrected chi connectivity index (χ2v) is 6.40. The van der Waals surface area contributed by atoms with Gasteiger partial charge in [0.2, 0.25) is 11.8 Å². The van der Waals surface area contributed by atoms with E-state index in [1.165, 1.54) is 0 Å². The second-order valence-electron chi connectivity index (χ2n) is 6.40. The van der Waals surface area contributed by atoms with Crippen LogP contribution in [-0.2, 0) is 9.59 Å². The fourth-order valence-electron chi connectivity index (χ4n) is 3.28. The number of hydrogen-bond donors (Lipinski definition) is 2. The van der Waals surface area contributed by atoms with Gasteiger partial charge in [-0.2, -0.15) is 0 Å². The van der Waals surface area contributed by atoms with E-state index in [0.717, 1.165) is 30.6 Å². The zero-order valence-electron chi connectivity index (χ0n) is 15.6. The number of nitrogens with two attached hydrogens (primary N) is 1. The molecule has 0 bridgehead atoms. The van der Waals surface area contributed by atoms with Crippen LogP contribution in [0.4, 0.5) is 0 Å². The molecule has 2 unspecified atom stereocenters. The molecule has 1 aliphatic heterocycles. The number of rotatable bonds is 9. The summed E-state index contributed by atoms with van der Waals surface area (Å²) in [6, 6.07) is 7.42. The Kier molecular flexibility index (Phi) is 9.44. The standard InChI is InChI=1S/C19H29N3O3.ClH/c1-3-4-12-22-17(23)13-16(19(24)21-11-5-10-20)18(22)14-6-8-15(25-2)9-7-14;/h6-9,16,18H,3-5,10-13,20H2,1-2H3,(H,21,24);1H. The van der Waals surface area contributed by atoms with Crippen LogP contribution in [0.5, 0.6) is 5.75 Å². The molecule has 6 nitrogen and oxygen atoms in total. The lowest BCUT2D eigenvalue weighted by atomic mass is 9.92. The van der Waals surface area contributed by atoms with Gasteiger partial charge in [0.05, 0.1) is 19.1 Å². The van der Waals surface area contributed by atoms with E-state index in [0.29, 0.717) is 19.6 Å². The predicted octanol–water partition coefficient (Wildman–Crippen LogP) is 2.27. The molecule has 0 aliphatic carbocycles. The summed E-state index contributed by atoms with van der Waals surface area (Å²) in [5.41, 5.74) is 6.46. The molecule has 1 heterocycles. The summed E-state index contributed by atoms with van der Waals surface area (Å²) in [4.78, 5) is 27.0. The van der Waals surface area contributed by atoms with Crippen LogP contribution >= 0.6 is 12.4 Å². The van der Waals surface area contributed by atoms with Crippen LogP contribution in [0.3, 0.4) is 0 Å². The monoisotopic (exact) mass is 383 g/mol. The van der Waals surface area contributed by atoms with E-state index < -0.39 is 0 Å². The molecule has 26 heavy (non-hydrogen) atoms. The molecule has 1 saturated heterocycles. The van der Waals surface area contributed by atoms with Crippen molar-refractivity contribution in [3.63, 3.8) is 0 Å². The van der Waals surface area contributed by atoms with Gasteiger partial charge in [-0.3, -0.25) is 9.59 Å². The number of nitrogens with one attached hydrogen (secondary N) is 1. The Morgan fingerprint density at radius 3 is 2.58 bits per heavy atom. The maximum Gasteiger partial charge on any atom is 0.226 e. The number of carbonyl (C=O) groups excluding carboxylic acids is 2. The number of nitrogens with zero attached hydrogens (tertiary/aromatic N) is 1. The molecule has 0 aromatic heterocycles. The van der Waals surface area contributed by atoms with Crippen molar-refractivity contribution in [2.45, 2.75) is 38.6 Å². The van der Waals surface area contributed by atoms with E-state index in [9.17, 15) is 9.59 Å². The Hall–Kier alpha value is -1.79. The van der Waals surface area contributed by atoms with Crippen LogP contribution in [0.25, 0.3) is 0 Å². The van der Waals surface area contributed by atoms with Gasteiger partial charge in [-0.15, -0.1) is 12.4 Å². The van der Waals surface area contributed by atoms with Gasteiger partial charge in [0, 0.05) is 19.5 Å². The Balaban J connectivity index is 0.00000338. The molecular weight excluding hydrogens is 354 g/mol. The van der Waals surface area contributed by atoms with E-state index in [-0.39, 0.29) is 42.6 Å². The van der Waals surface area contributed by atoms with Gasteiger partial charge in [0.1, 0.15) is 5.75 Å². The Morgan fingerprint density at radius 1 is 1.31 bits per heavy atom. The third kappa shape index (κ3) is 5.35. The lowest BCUT2D eigenvalue weighted by Gasteiger charge is -2.28. The molecule has 2 rings (SSSR count). The maximum absolute atomic E-state index is 12.6. The number of benzene rings is 1. The number of methoxy groups -OCH3 is 1. The molecule has 2 amide bonds. The minimum atomic E-state index is -0.365. The van der Waals surface area contributed by atoms with Crippen LogP contribution in [-0.4, -0.2) is 43.5 Å². The number of amides is 2. The number of carbonyl (C=O) groups is 2. The SMILES string of the molecule is CCCCN1C(=O)CC(C(=O)NCCCN)C1c1ccc(OC)cc1.Cl. The van der Waals surface area contributed by atoms with Crippen LogP contribution in [0, 0.1) is 5.92 Å². The van der Waals surface area contributed by atoms with Crippen molar-refractivity contribution in [3.05, 3.63) is 29.8 Å². The minimum absolute atomic E-state index is 0. The molecule has 0 spiro atoms. The van der Waals surface area contributed by atoms with Gasteiger partial charge in [0.15, 0.2) is 0 Å². The molecule has 146 valence electrons. The lowest BCUT2D eigenvalue weighted by Crippen LogP contribution is -2.36. The number of halogens is 1. The Bertz CT molecular complexity index is 580. The first-order chi connectivity index (χ1) is 12.1. The van der Waals surface area contributed by atoms with E-state index in [4.69, 9.17) is 10.5 Å². The van der Waals surface area contributed by atoms with Crippen LogP contribution in [0.1, 0.15) is 44.2 Å². The molecule has 2 atom stereocenters. The minimum Gasteiger partial charge on any atom is -0.497 e. The third-order valence-electron chi connectivity index (χ3n) is 4.66. The third-order valence-corrected chi connectivity index (χ3v) is 4.66. The predicted molar refractivity (Wildman–Crippen MR) is 104 cm³/mol. The fourth-order valence-corrected chi connectivity index (χ4v) is 3.28. The normalized spacial score (nSPS) is 19.2. The molecule has 1 aromatic carbocycles. The molecule has 7 heteroatoms. The number of hydrogen-bond acceptors (Lipinski definition) is 4. The average molecular weight is 384 g/mol.